The Labute approximate surface area is 230 Å². The van der Waals surface area contributed by atoms with Crippen LogP contribution in [0.4, 0.5) is 5.82 Å². The maximum Gasteiger partial charge on any atom is 0.272 e. The first-order valence-electron chi connectivity index (χ1n) is 13.6. The van der Waals surface area contributed by atoms with E-state index in [4.69, 9.17) is 0 Å². The zero-order chi connectivity index (χ0) is 27.6. The quantitative estimate of drug-likeness (QED) is 0.477. The van der Waals surface area contributed by atoms with Crippen LogP contribution in [0.25, 0.3) is 10.9 Å². The van der Waals surface area contributed by atoms with E-state index in [0.717, 1.165) is 60.8 Å². The molecule has 0 saturated carbocycles. The Morgan fingerprint density at radius 2 is 1.77 bits per heavy atom. The molecule has 1 N–H and O–H groups in total. The smallest absolute Gasteiger partial charge is 0.272 e. The topological polar surface area (TPSA) is 112 Å². The predicted octanol–water partition coefficient (Wildman–Crippen LogP) is 2.91. The molecular formula is C28H37N7O3S. The van der Waals surface area contributed by atoms with Crippen molar-refractivity contribution in [1.82, 2.24) is 29.1 Å². The van der Waals surface area contributed by atoms with Crippen molar-refractivity contribution in [2.24, 2.45) is 0 Å². The molecule has 2 aliphatic heterocycles. The van der Waals surface area contributed by atoms with Gasteiger partial charge in [-0.3, -0.25) is 9.78 Å². The molecule has 39 heavy (non-hydrogen) atoms. The highest BCUT2D eigenvalue weighted by Crippen LogP contribution is 2.25. The van der Waals surface area contributed by atoms with Crippen LogP contribution in [0, 0.1) is 6.92 Å². The van der Waals surface area contributed by atoms with Gasteiger partial charge in [0, 0.05) is 55.9 Å². The lowest BCUT2D eigenvalue weighted by Crippen LogP contribution is -2.52. The number of rotatable bonds is 7. The van der Waals surface area contributed by atoms with Gasteiger partial charge in [0.25, 0.3) is 5.91 Å². The standard InChI is InChI=1S/C28H37N7O3S/c1-20-26(31-19-32-27(20)30-18-21-16-22-6-4-5-7-25(22)29-17-21)28(36)35-14-10-24(11-15-35)34-12-8-23(9-13-34)33(2)39(3,37)38/h4-7,16-17,19,23-24H,8-15,18H2,1-3H3,(H,30,31,32). The summed E-state index contributed by atoms with van der Waals surface area (Å²) in [4.78, 5) is 31.0. The van der Waals surface area contributed by atoms with Crippen molar-refractivity contribution in [2.45, 2.75) is 51.2 Å². The molecule has 2 aromatic heterocycles. The van der Waals surface area contributed by atoms with E-state index in [0.29, 0.717) is 37.2 Å². The number of likely N-dealkylation sites (tertiary alicyclic amines) is 2. The zero-order valence-corrected chi connectivity index (χ0v) is 23.7. The van der Waals surface area contributed by atoms with Crippen molar-refractivity contribution in [3.8, 4) is 0 Å². The van der Waals surface area contributed by atoms with Gasteiger partial charge in [0.2, 0.25) is 10.0 Å². The van der Waals surface area contributed by atoms with Crippen LogP contribution in [0.2, 0.25) is 0 Å². The van der Waals surface area contributed by atoms with Crippen LogP contribution in [-0.4, -0.2) is 94.9 Å². The third-order valence-corrected chi connectivity index (χ3v) is 9.54. The summed E-state index contributed by atoms with van der Waals surface area (Å²) in [5.41, 5.74) is 3.18. The van der Waals surface area contributed by atoms with Crippen LogP contribution >= 0.6 is 0 Å². The van der Waals surface area contributed by atoms with E-state index in [-0.39, 0.29) is 11.9 Å². The number of anilines is 1. The van der Waals surface area contributed by atoms with Crippen LogP contribution < -0.4 is 5.32 Å². The van der Waals surface area contributed by atoms with Crippen LogP contribution in [0.5, 0.6) is 0 Å². The Morgan fingerprint density at radius 1 is 1.05 bits per heavy atom. The molecule has 208 valence electrons. The molecule has 2 fully saturated rings. The van der Waals surface area contributed by atoms with Gasteiger partial charge in [0.1, 0.15) is 17.8 Å². The van der Waals surface area contributed by atoms with Crippen LogP contribution in [-0.2, 0) is 16.6 Å². The van der Waals surface area contributed by atoms with Crippen molar-refractivity contribution in [1.29, 1.82) is 0 Å². The van der Waals surface area contributed by atoms with Crippen molar-refractivity contribution in [2.75, 3.05) is 44.8 Å². The summed E-state index contributed by atoms with van der Waals surface area (Å²) >= 11 is 0. The number of carbonyl (C=O) groups excluding carboxylic acids is 1. The Hall–Kier alpha value is -3.15. The molecule has 0 unspecified atom stereocenters. The van der Waals surface area contributed by atoms with E-state index in [1.807, 2.05) is 42.3 Å². The second-order valence-corrected chi connectivity index (χ2v) is 12.7. The first kappa shape index (κ1) is 27.4. The molecule has 4 heterocycles. The molecule has 11 heteroatoms. The van der Waals surface area contributed by atoms with Gasteiger partial charge in [0.05, 0.1) is 11.8 Å². The van der Waals surface area contributed by atoms with Crippen molar-refractivity contribution >= 4 is 32.7 Å². The lowest BCUT2D eigenvalue weighted by atomic mass is 9.97. The van der Waals surface area contributed by atoms with Gasteiger partial charge >= 0.3 is 0 Å². The first-order valence-corrected chi connectivity index (χ1v) is 15.4. The number of hydrogen-bond acceptors (Lipinski definition) is 8. The van der Waals surface area contributed by atoms with Crippen molar-refractivity contribution in [3.05, 3.63) is 59.7 Å². The molecule has 10 nitrogen and oxygen atoms in total. The third kappa shape index (κ3) is 6.21. The number of nitrogens with zero attached hydrogens (tertiary/aromatic N) is 6. The molecule has 1 amide bonds. The Bertz CT molecular complexity index is 1430. The second-order valence-electron chi connectivity index (χ2n) is 10.7. The number of carbonyl (C=O) groups is 1. The van der Waals surface area contributed by atoms with Gasteiger partial charge in [-0.2, -0.15) is 0 Å². The summed E-state index contributed by atoms with van der Waals surface area (Å²) in [6, 6.07) is 10.6. The molecule has 0 spiro atoms. The first-order chi connectivity index (χ1) is 18.7. The number of piperidine rings is 2. The number of amides is 1. The largest absolute Gasteiger partial charge is 0.366 e. The summed E-state index contributed by atoms with van der Waals surface area (Å²) < 4.78 is 25.3. The van der Waals surface area contributed by atoms with Gasteiger partial charge in [-0.15, -0.1) is 0 Å². The Balaban J connectivity index is 1.15. The highest BCUT2D eigenvalue weighted by atomic mass is 32.2. The molecule has 0 aliphatic carbocycles. The number of sulfonamides is 1. The molecule has 5 rings (SSSR count). The highest BCUT2D eigenvalue weighted by Gasteiger charge is 2.33. The van der Waals surface area contributed by atoms with Gasteiger partial charge < -0.3 is 15.1 Å². The second kappa shape index (κ2) is 11.5. The van der Waals surface area contributed by atoms with Crippen molar-refractivity contribution < 1.29 is 13.2 Å². The highest BCUT2D eigenvalue weighted by molar-refractivity contribution is 7.88. The summed E-state index contributed by atoms with van der Waals surface area (Å²) in [5.74, 6) is 0.593. The van der Waals surface area contributed by atoms with Crippen molar-refractivity contribution in [3.63, 3.8) is 0 Å². The van der Waals surface area contributed by atoms with E-state index in [2.05, 4.69) is 31.2 Å². The van der Waals surface area contributed by atoms with Gasteiger partial charge in [-0.1, -0.05) is 18.2 Å². The molecule has 1 aromatic carbocycles. The minimum Gasteiger partial charge on any atom is -0.366 e. The number of pyridine rings is 1. The Morgan fingerprint density at radius 3 is 2.49 bits per heavy atom. The normalized spacial score (nSPS) is 18.1. The Kier molecular flexibility index (Phi) is 8.11. The fourth-order valence-corrected chi connectivity index (χ4v) is 6.46. The minimum atomic E-state index is -3.17. The van der Waals surface area contributed by atoms with E-state index in [1.165, 1.54) is 16.9 Å². The lowest BCUT2D eigenvalue weighted by molar-refractivity contribution is 0.0542. The summed E-state index contributed by atoms with van der Waals surface area (Å²) in [6.07, 6.45) is 8.07. The molecule has 0 atom stereocenters. The van der Waals surface area contributed by atoms with E-state index in [1.54, 1.807) is 7.05 Å². The minimum absolute atomic E-state index is 0.0581. The SMILES string of the molecule is Cc1c(NCc2cnc3ccccc3c2)ncnc1C(=O)N1CCC(N2CCC(N(C)S(C)(=O)=O)CC2)CC1. The monoisotopic (exact) mass is 551 g/mol. The molecule has 0 bridgehead atoms. The number of aromatic nitrogens is 3. The molecule has 0 radical (unpaired) electrons. The molecule has 3 aromatic rings. The lowest BCUT2D eigenvalue weighted by Gasteiger charge is -2.43. The zero-order valence-electron chi connectivity index (χ0n) is 22.9. The number of fused-ring (bicyclic) bond motifs is 1. The van der Waals surface area contributed by atoms with Crippen LogP contribution in [0.1, 0.15) is 47.3 Å². The fourth-order valence-electron chi connectivity index (χ4n) is 5.71. The average molecular weight is 552 g/mol. The number of nitrogens with one attached hydrogen (secondary N) is 1. The third-order valence-electron chi connectivity index (χ3n) is 8.20. The van der Waals surface area contributed by atoms with Gasteiger partial charge in [-0.25, -0.2) is 22.7 Å². The van der Waals surface area contributed by atoms with E-state index in [9.17, 15) is 13.2 Å². The fraction of sp³-hybridized carbons (Fsp3) is 0.500. The van der Waals surface area contributed by atoms with Gasteiger partial charge in [-0.05, 0) is 63.4 Å². The van der Waals surface area contributed by atoms with E-state index < -0.39 is 10.0 Å². The average Bonchev–Trinajstić information content (AvgIpc) is 2.95. The summed E-state index contributed by atoms with van der Waals surface area (Å²) in [5, 5.41) is 4.44. The maximum absolute atomic E-state index is 13.4. The maximum atomic E-state index is 13.4. The van der Waals surface area contributed by atoms with Crippen LogP contribution in [0.15, 0.2) is 42.9 Å². The van der Waals surface area contributed by atoms with E-state index >= 15 is 0 Å². The number of para-hydroxylation sites is 1. The predicted molar refractivity (Wildman–Crippen MR) is 152 cm³/mol. The molecule has 2 aliphatic rings. The van der Waals surface area contributed by atoms with Crippen LogP contribution in [0.3, 0.4) is 0 Å². The number of benzene rings is 1. The summed E-state index contributed by atoms with van der Waals surface area (Å²) in [7, 11) is -1.49. The van der Waals surface area contributed by atoms with Gasteiger partial charge in [0.15, 0.2) is 0 Å². The molecule has 2 saturated heterocycles. The number of hydrogen-bond donors (Lipinski definition) is 1. The molecular weight excluding hydrogens is 514 g/mol. The summed E-state index contributed by atoms with van der Waals surface area (Å²) in [6.45, 7) is 5.57.